The van der Waals surface area contributed by atoms with E-state index in [4.69, 9.17) is 0 Å². The molecular weight excluding hydrogens is 512 g/mol. The first-order valence-electron chi connectivity index (χ1n) is 13.3. The number of amides is 4. The van der Waals surface area contributed by atoms with Gasteiger partial charge in [0, 0.05) is 12.1 Å². The molecule has 4 rings (SSSR count). The molecule has 40 heavy (non-hydrogen) atoms. The molecule has 4 amide bonds. The number of nitrogens with one attached hydrogen (secondary N) is 4. The van der Waals surface area contributed by atoms with E-state index in [1.54, 1.807) is 19.1 Å². The van der Waals surface area contributed by atoms with Gasteiger partial charge in [0.2, 0.25) is 23.6 Å². The largest absolute Gasteiger partial charge is 0.345 e. The Bertz CT molecular complexity index is 1330. The van der Waals surface area contributed by atoms with Crippen molar-refractivity contribution >= 4 is 29.3 Å². The van der Waals surface area contributed by atoms with Crippen molar-refractivity contribution in [1.82, 2.24) is 36.6 Å². The molecule has 0 aliphatic carbocycles. The average molecular weight is 547 g/mol. The predicted molar refractivity (Wildman–Crippen MR) is 147 cm³/mol. The van der Waals surface area contributed by atoms with Crippen LogP contribution in [0.3, 0.4) is 0 Å². The second kappa shape index (κ2) is 13.0. The molecule has 4 atom stereocenters. The third kappa shape index (κ3) is 6.68. The Kier molecular flexibility index (Phi) is 9.20. The Morgan fingerprint density at radius 3 is 2.45 bits per heavy atom. The van der Waals surface area contributed by atoms with Crippen LogP contribution in [0.1, 0.15) is 50.2 Å². The summed E-state index contributed by atoms with van der Waals surface area (Å²) >= 11 is 0. The van der Waals surface area contributed by atoms with Gasteiger partial charge in [-0.2, -0.15) is 5.21 Å². The highest BCUT2D eigenvalue weighted by molar-refractivity contribution is 6.05. The van der Waals surface area contributed by atoms with Crippen LogP contribution < -0.4 is 20.9 Å². The molecule has 210 valence electrons. The second-order valence-electron chi connectivity index (χ2n) is 9.92. The number of para-hydroxylation sites is 1. The molecule has 2 heterocycles. The Morgan fingerprint density at radius 1 is 1.02 bits per heavy atom. The molecule has 0 bridgehead atoms. The van der Waals surface area contributed by atoms with E-state index in [0.29, 0.717) is 24.4 Å². The first-order valence-corrected chi connectivity index (χ1v) is 13.3. The molecule has 0 fully saturated rings. The molecule has 4 N–H and O–H groups in total. The quantitative estimate of drug-likeness (QED) is 0.281. The zero-order valence-electron chi connectivity index (χ0n) is 22.8. The zero-order chi connectivity index (χ0) is 28.6. The molecule has 12 heteroatoms. The summed E-state index contributed by atoms with van der Waals surface area (Å²) in [5.74, 6) is -1.39. The van der Waals surface area contributed by atoms with E-state index in [0.717, 1.165) is 11.1 Å². The fourth-order valence-corrected chi connectivity index (χ4v) is 4.70. The maximum atomic E-state index is 13.5. The van der Waals surface area contributed by atoms with Gasteiger partial charge in [0.05, 0.1) is 19.0 Å². The molecule has 2 aromatic carbocycles. The van der Waals surface area contributed by atoms with Gasteiger partial charge < -0.3 is 16.0 Å². The average Bonchev–Trinajstić information content (AvgIpc) is 3.63. The van der Waals surface area contributed by atoms with Crippen LogP contribution in [0, 0.1) is 5.92 Å². The number of H-pyrrole nitrogens is 1. The predicted octanol–water partition coefficient (Wildman–Crippen LogP) is 1.22. The Balaban J connectivity index is 1.42. The second-order valence-corrected chi connectivity index (χ2v) is 9.92. The summed E-state index contributed by atoms with van der Waals surface area (Å²) in [6.07, 6.45) is 1.12. The Hall–Kier alpha value is -4.61. The van der Waals surface area contributed by atoms with Crippen molar-refractivity contribution in [3.8, 4) is 0 Å². The van der Waals surface area contributed by atoms with Crippen molar-refractivity contribution in [2.45, 2.75) is 58.2 Å². The number of carbonyl (C=O) groups is 4. The van der Waals surface area contributed by atoms with Crippen molar-refractivity contribution < 1.29 is 19.2 Å². The number of anilines is 1. The minimum Gasteiger partial charge on any atom is -0.345 e. The van der Waals surface area contributed by atoms with Crippen molar-refractivity contribution in [2.75, 3.05) is 11.4 Å². The third-order valence-electron chi connectivity index (χ3n) is 7.09. The summed E-state index contributed by atoms with van der Waals surface area (Å²) in [5, 5.41) is 22.0. The summed E-state index contributed by atoms with van der Waals surface area (Å²) in [5.41, 5.74) is 2.30. The minimum absolute atomic E-state index is 0.142. The molecule has 0 radical (unpaired) electrons. The van der Waals surface area contributed by atoms with Gasteiger partial charge in [0.25, 0.3) is 0 Å². The molecule has 1 unspecified atom stereocenters. The number of hydrogen-bond donors (Lipinski definition) is 4. The van der Waals surface area contributed by atoms with Crippen LogP contribution in [-0.2, 0) is 32.0 Å². The Labute approximate surface area is 232 Å². The fraction of sp³-hybridized carbons (Fsp3) is 0.393. The number of benzene rings is 2. The summed E-state index contributed by atoms with van der Waals surface area (Å²) in [7, 11) is 0. The molecule has 0 spiro atoms. The van der Waals surface area contributed by atoms with Crippen molar-refractivity contribution in [2.24, 2.45) is 5.92 Å². The molecule has 1 aliphatic rings. The summed E-state index contributed by atoms with van der Waals surface area (Å²) in [4.78, 5) is 54.0. The number of rotatable bonds is 11. The van der Waals surface area contributed by atoms with E-state index in [1.165, 1.54) is 4.90 Å². The first kappa shape index (κ1) is 28.4. The van der Waals surface area contributed by atoms with Gasteiger partial charge in [0.15, 0.2) is 5.82 Å². The van der Waals surface area contributed by atoms with E-state index < -0.39 is 29.9 Å². The summed E-state index contributed by atoms with van der Waals surface area (Å²) in [6, 6.07) is 14.4. The van der Waals surface area contributed by atoms with Crippen molar-refractivity contribution in [3.05, 3.63) is 71.5 Å². The number of hydrogen-bond acceptors (Lipinski definition) is 7. The zero-order valence-corrected chi connectivity index (χ0v) is 22.8. The molecule has 12 nitrogen and oxygen atoms in total. The van der Waals surface area contributed by atoms with Crippen LogP contribution in [0.5, 0.6) is 0 Å². The van der Waals surface area contributed by atoms with Gasteiger partial charge in [-0.05, 0) is 30.0 Å². The lowest BCUT2D eigenvalue weighted by molar-refractivity contribution is -0.131. The standard InChI is InChI=1S/C28H34N8O4/c1-4-17(2)25(31-23(37)14-19-10-6-5-7-11-19)28(40)29-16-24(38)36-21-13-9-8-12-20(21)15-22(36)27(39)30-18(3)26-32-34-35-33-26/h5-13,17-18,22,25H,4,14-16H2,1-3H3,(H,29,40)(H,30,39)(H,31,37)(H,32,33,34,35)/t17-,18?,22-,25-/m0/s1. The molecule has 0 saturated carbocycles. The van der Waals surface area contributed by atoms with Crippen molar-refractivity contribution in [3.63, 3.8) is 0 Å². The van der Waals surface area contributed by atoms with Crippen LogP contribution >= 0.6 is 0 Å². The smallest absolute Gasteiger partial charge is 0.247 e. The molecule has 3 aromatic rings. The highest BCUT2D eigenvalue weighted by Gasteiger charge is 2.39. The molecule has 1 aromatic heterocycles. The first-order chi connectivity index (χ1) is 19.3. The van der Waals surface area contributed by atoms with E-state index in [2.05, 4.69) is 36.6 Å². The number of aromatic amines is 1. The fourth-order valence-electron chi connectivity index (χ4n) is 4.70. The lowest BCUT2D eigenvalue weighted by atomic mass is 9.98. The van der Waals surface area contributed by atoms with Gasteiger partial charge >= 0.3 is 0 Å². The van der Waals surface area contributed by atoms with E-state index in [9.17, 15) is 19.2 Å². The topological polar surface area (TPSA) is 162 Å². The van der Waals surface area contributed by atoms with Gasteiger partial charge in [-0.25, -0.2) is 0 Å². The van der Waals surface area contributed by atoms with Gasteiger partial charge in [-0.15, -0.1) is 10.2 Å². The maximum Gasteiger partial charge on any atom is 0.247 e. The van der Waals surface area contributed by atoms with Crippen molar-refractivity contribution in [1.29, 1.82) is 0 Å². The van der Waals surface area contributed by atoms with E-state index in [1.807, 2.05) is 56.3 Å². The van der Waals surface area contributed by atoms with Crippen LogP contribution in [0.4, 0.5) is 5.69 Å². The lowest BCUT2D eigenvalue weighted by Gasteiger charge is -2.27. The summed E-state index contributed by atoms with van der Waals surface area (Å²) < 4.78 is 0. The highest BCUT2D eigenvalue weighted by Crippen LogP contribution is 2.32. The number of fused-ring (bicyclic) bond motifs is 1. The van der Waals surface area contributed by atoms with E-state index >= 15 is 0 Å². The van der Waals surface area contributed by atoms with Gasteiger partial charge in [-0.3, -0.25) is 24.1 Å². The molecule has 0 saturated heterocycles. The van der Waals surface area contributed by atoms with Gasteiger partial charge in [-0.1, -0.05) is 74.0 Å². The monoisotopic (exact) mass is 546 g/mol. The molecule has 1 aliphatic heterocycles. The summed E-state index contributed by atoms with van der Waals surface area (Å²) in [6.45, 7) is 5.19. The number of tetrazole rings is 1. The maximum absolute atomic E-state index is 13.5. The van der Waals surface area contributed by atoms with Crippen LogP contribution in [0.15, 0.2) is 54.6 Å². The highest BCUT2D eigenvalue weighted by atomic mass is 16.2. The van der Waals surface area contributed by atoms with Gasteiger partial charge in [0.1, 0.15) is 12.1 Å². The minimum atomic E-state index is -0.813. The van der Waals surface area contributed by atoms with Crippen LogP contribution in [0.2, 0.25) is 0 Å². The van der Waals surface area contributed by atoms with E-state index in [-0.39, 0.29) is 30.7 Å². The number of carbonyl (C=O) groups excluding carboxylic acids is 4. The van der Waals surface area contributed by atoms with Crippen LogP contribution in [-0.4, -0.2) is 62.9 Å². The molecular formula is C28H34N8O4. The SMILES string of the molecule is CC[C@H](C)[C@H](NC(=O)Cc1ccccc1)C(=O)NCC(=O)N1c2ccccc2C[C@H]1C(=O)NC(C)c1nn[nH]n1. The van der Waals surface area contributed by atoms with Crippen LogP contribution in [0.25, 0.3) is 0 Å². The Morgan fingerprint density at radius 2 is 1.75 bits per heavy atom. The third-order valence-corrected chi connectivity index (χ3v) is 7.09. The normalized spacial score (nSPS) is 16.4. The lowest BCUT2D eigenvalue weighted by Crippen LogP contribution is -2.54. The number of aromatic nitrogens is 4. The number of nitrogens with zero attached hydrogens (tertiary/aromatic N) is 4.